The van der Waals surface area contributed by atoms with E-state index in [4.69, 9.17) is 0 Å². The Morgan fingerprint density at radius 3 is 2.71 bits per heavy atom. The molecule has 0 radical (unpaired) electrons. The van der Waals surface area contributed by atoms with Crippen LogP contribution in [-0.4, -0.2) is 23.9 Å². The lowest BCUT2D eigenvalue weighted by Gasteiger charge is -2.25. The van der Waals surface area contributed by atoms with Crippen molar-refractivity contribution in [3.63, 3.8) is 0 Å². The Kier molecular flexibility index (Phi) is 4.59. The zero-order valence-electron chi connectivity index (χ0n) is 9.73. The number of hydrogen-bond donors (Lipinski definition) is 0. The van der Waals surface area contributed by atoms with Crippen LogP contribution >= 0.6 is 22.6 Å². The molecule has 0 N–H and O–H groups in total. The molecule has 0 bridgehead atoms. The summed E-state index contributed by atoms with van der Waals surface area (Å²) >= 11 is 2.28. The van der Waals surface area contributed by atoms with Gasteiger partial charge in [-0.1, -0.05) is 12.1 Å². The van der Waals surface area contributed by atoms with Crippen LogP contribution in [0.25, 0.3) is 6.08 Å². The van der Waals surface area contributed by atoms with Crippen molar-refractivity contribution in [2.24, 2.45) is 0 Å². The average molecular weight is 341 g/mol. The van der Waals surface area contributed by atoms with Gasteiger partial charge in [-0.3, -0.25) is 4.79 Å². The van der Waals surface area contributed by atoms with Crippen LogP contribution in [0.2, 0.25) is 0 Å². The first-order valence-corrected chi connectivity index (χ1v) is 7.06. The molecule has 0 aliphatic carbocycles. The minimum Gasteiger partial charge on any atom is -0.339 e. The maximum Gasteiger partial charge on any atom is 0.246 e. The highest BCUT2D eigenvalue weighted by molar-refractivity contribution is 14.1. The van der Waals surface area contributed by atoms with Crippen LogP contribution in [0, 0.1) is 3.57 Å². The number of hydrogen-bond acceptors (Lipinski definition) is 1. The van der Waals surface area contributed by atoms with E-state index in [0.717, 1.165) is 31.5 Å². The molecule has 0 unspecified atom stereocenters. The summed E-state index contributed by atoms with van der Waals surface area (Å²) in [5.74, 6) is 0.142. The SMILES string of the molecule is O=C(/C=C/c1cccc(I)c1)N1CCCCC1. The third kappa shape index (κ3) is 3.84. The van der Waals surface area contributed by atoms with Gasteiger partial charge in [0.2, 0.25) is 5.91 Å². The first kappa shape index (κ1) is 12.6. The van der Waals surface area contributed by atoms with E-state index in [1.54, 1.807) is 6.08 Å². The molecule has 1 aliphatic heterocycles. The molecule has 3 heteroatoms. The summed E-state index contributed by atoms with van der Waals surface area (Å²) in [6, 6.07) is 8.14. The van der Waals surface area contributed by atoms with Gasteiger partial charge in [0, 0.05) is 22.7 Å². The molecule has 2 nitrogen and oxygen atoms in total. The van der Waals surface area contributed by atoms with Gasteiger partial charge in [0.1, 0.15) is 0 Å². The maximum atomic E-state index is 11.9. The van der Waals surface area contributed by atoms with E-state index in [1.165, 1.54) is 9.99 Å². The molecule has 90 valence electrons. The largest absolute Gasteiger partial charge is 0.339 e. The van der Waals surface area contributed by atoms with Crippen molar-refractivity contribution in [2.45, 2.75) is 19.3 Å². The van der Waals surface area contributed by atoms with Gasteiger partial charge in [0.25, 0.3) is 0 Å². The molecule has 1 amide bonds. The number of benzene rings is 1. The van der Waals surface area contributed by atoms with Gasteiger partial charge in [0.05, 0.1) is 0 Å². The van der Waals surface area contributed by atoms with Crippen molar-refractivity contribution >= 4 is 34.6 Å². The number of carbonyl (C=O) groups excluding carboxylic acids is 1. The smallest absolute Gasteiger partial charge is 0.246 e. The summed E-state index contributed by atoms with van der Waals surface area (Å²) < 4.78 is 1.19. The van der Waals surface area contributed by atoms with E-state index >= 15 is 0 Å². The highest BCUT2D eigenvalue weighted by Crippen LogP contribution is 2.11. The zero-order valence-corrected chi connectivity index (χ0v) is 11.9. The van der Waals surface area contributed by atoms with Gasteiger partial charge in [0.15, 0.2) is 0 Å². The van der Waals surface area contributed by atoms with Gasteiger partial charge in [-0.25, -0.2) is 0 Å². The topological polar surface area (TPSA) is 20.3 Å². The van der Waals surface area contributed by atoms with Crippen molar-refractivity contribution in [3.8, 4) is 0 Å². The van der Waals surface area contributed by atoms with Crippen LogP contribution in [0.1, 0.15) is 24.8 Å². The van der Waals surface area contributed by atoms with Crippen molar-refractivity contribution in [2.75, 3.05) is 13.1 Å². The number of nitrogens with zero attached hydrogens (tertiary/aromatic N) is 1. The third-order valence-electron chi connectivity index (χ3n) is 2.93. The number of carbonyl (C=O) groups is 1. The Morgan fingerprint density at radius 2 is 2.00 bits per heavy atom. The number of likely N-dealkylation sites (tertiary alicyclic amines) is 1. The van der Waals surface area contributed by atoms with Crippen LogP contribution in [0.15, 0.2) is 30.3 Å². The molecule has 0 atom stereocenters. The predicted octanol–water partition coefficient (Wildman–Crippen LogP) is 3.32. The number of piperidine rings is 1. The molecule has 1 aliphatic rings. The average Bonchev–Trinajstić information content (AvgIpc) is 2.37. The standard InChI is InChI=1S/C14H16INO/c15-13-6-4-5-12(11-13)7-8-14(17)16-9-2-1-3-10-16/h4-8,11H,1-3,9-10H2/b8-7+. The summed E-state index contributed by atoms with van der Waals surface area (Å²) in [7, 11) is 0. The van der Waals surface area contributed by atoms with Crippen molar-refractivity contribution in [1.82, 2.24) is 4.90 Å². The van der Waals surface area contributed by atoms with E-state index in [0.29, 0.717) is 0 Å². The lowest BCUT2D eigenvalue weighted by atomic mass is 10.1. The van der Waals surface area contributed by atoms with E-state index in [1.807, 2.05) is 29.2 Å². The lowest BCUT2D eigenvalue weighted by Crippen LogP contribution is -2.34. The fraction of sp³-hybridized carbons (Fsp3) is 0.357. The molecule has 1 saturated heterocycles. The molecular weight excluding hydrogens is 325 g/mol. The van der Waals surface area contributed by atoms with E-state index in [2.05, 4.69) is 28.7 Å². The quantitative estimate of drug-likeness (QED) is 0.597. The van der Waals surface area contributed by atoms with Crippen molar-refractivity contribution in [1.29, 1.82) is 0 Å². The van der Waals surface area contributed by atoms with Crippen LogP contribution < -0.4 is 0 Å². The molecule has 17 heavy (non-hydrogen) atoms. The number of rotatable bonds is 2. The Hall–Kier alpha value is -0.840. The molecular formula is C14H16INO. The zero-order chi connectivity index (χ0) is 12.1. The highest BCUT2D eigenvalue weighted by atomic mass is 127. The number of halogens is 1. The van der Waals surface area contributed by atoms with Gasteiger partial charge in [-0.05, 0) is 65.6 Å². The molecule has 1 fully saturated rings. The Bertz CT molecular complexity index is 422. The second kappa shape index (κ2) is 6.19. The summed E-state index contributed by atoms with van der Waals surface area (Å²) in [6.07, 6.45) is 7.13. The first-order valence-electron chi connectivity index (χ1n) is 5.98. The van der Waals surface area contributed by atoms with Gasteiger partial charge in [-0.15, -0.1) is 0 Å². The Morgan fingerprint density at radius 1 is 1.24 bits per heavy atom. The molecule has 0 saturated carbocycles. The summed E-state index contributed by atoms with van der Waals surface area (Å²) in [4.78, 5) is 13.8. The normalized spacial score (nSPS) is 16.4. The van der Waals surface area contributed by atoms with E-state index in [9.17, 15) is 4.79 Å². The maximum absolute atomic E-state index is 11.9. The molecule has 1 aromatic rings. The minimum atomic E-state index is 0.142. The Labute approximate surface area is 116 Å². The molecule has 0 spiro atoms. The number of amides is 1. The highest BCUT2D eigenvalue weighted by Gasteiger charge is 2.13. The van der Waals surface area contributed by atoms with Crippen LogP contribution in [0.3, 0.4) is 0 Å². The summed E-state index contributed by atoms with van der Waals surface area (Å²) in [6.45, 7) is 1.82. The molecule has 1 aromatic carbocycles. The summed E-state index contributed by atoms with van der Waals surface area (Å²) in [5, 5.41) is 0. The first-order chi connectivity index (χ1) is 8.25. The monoisotopic (exact) mass is 341 g/mol. The minimum absolute atomic E-state index is 0.142. The predicted molar refractivity (Wildman–Crippen MR) is 78.6 cm³/mol. The van der Waals surface area contributed by atoms with Gasteiger partial charge < -0.3 is 4.90 Å². The molecule has 1 heterocycles. The second-order valence-electron chi connectivity index (χ2n) is 4.27. The van der Waals surface area contributed by atoms with Crippen LogP contribution in [0.4, 0.5) is 0 Å². The summed E-state index contributed by atoms with van der Waals surface area (Å²) in [5.41, 5.74) is 1.09. The van der Waals surface area contributed by atoms with Crippen LogP contribution in [0.5, 0.6) is 0 Å². The van der Waals surface area contributed by atoms with Gasteiger partial charge in [-0.2, -0.15) is 0 Å². The van der Waals surface area contributed by atoms with Crippen molar-refractivity contribution in [3.05, 3.63) is 39.5 Å². The fourth-order valence-corrected chi connectivity index (χ4v) is 2.56. The van der Waals surface area contributed by atoms with E-state index < -0.39 is 0 Å². The lowest BCUT2D eigenvalue weighted by molar-refractivity contribution is -0.126. The second-order valence-corrected chi connectivity index (χ2v) is 5.52. The molecule has 2 rings (SSSR count). The van der Waals surface area contributed by atoms with E-state index in [-0.39, 0.29) is 5.91 Å². The third-order valence-corrected chi connectivity index (χ3v) is 3.61. The van der Waals surface area contributed by atoms with Gasteiger partial charge >= 0.3 is 0 Å². The van der Waals surface area contributed by atoms with Crippen LogP contribution in [-0.2, 0) is 4.79 Å². The van der Waals surface area contributed by atoms with Crippen molar-refractivity contribution < 1.29 is 4.79 Å². The fourth-order valence-electron chi connectivity index (χ4n) is 2.00. The molecule has 0 aromatic heterocycles. The Balaban J connectivity index is 1.97.